The molecule has 2 rings (SSSR count). The summed E-state index contributed by atoms with van der Waals surface area (Å²) >= 11 is 5.91. The fourth-order valence-electron chi connectivity index (χ4n) is 1.63. The lowest BCUT2D eigenvalue weighted by Crippen LogP contribution is -1.98. The second-order valence-electron chi connectivity index (χ2n) is 3.53. The molecule has 0 bridgehead atoms. The van der Waals surface area contributed by atoms with E-state index in [2.05, 4.69) is 0 Å². The maximum atomic E-state index is 10.9. The topological polar surface area (TPSA) is 26.3 Å². The van der Waals surface area contributed by atoms with Crippen molar-refractivity contribution in [3.8, 4) is 0 Å². The fraction of sp³-hybridized carbons (Fsp3) is 0.364. The SMILES string of the molecule is Cc1cc(C2CCC(=O)O2)ccc1Cl. The van der Waals surface area contributed by atoms with Crippen molar-refractivity contribution in [2.75, 3.05) is 0 Å². The molecule has 1 unspecified atom stereocenters. The number of aryl methyl sites for hydroxylation is 1. The summed E-state index contributed by atoms with van der Waals surface area (Å²) in [5.41, 5.74) is 2.06. The molecule has 0 aliphatic carbocycles. The molecule has 1 aliphatic rings. The largest absolute Gasteiger partial charge is 0.457 e. The van der Waals surface area contributed by atoms with Crippen LogP contribution < -0.4 is 0 Å². The highest BCUT2D eigenvalue weighted by molar-refractivity contribution is 6.31. The number of halogens is 1. The Morgan fingerprint density at radius 2 is 2.29 bits per heavy atom. The summed E-state index contributed by atoms with van der Waals surface area (Å²) in [5, 5.41) is 0.748. The summed E-state index contributed by atoms with van der Waals surface area (Å²) < 4.78 is 5.16. The van der Waals surface area contributed by atoms with Gasteiger partial charge in [0.25, 0.3) is 0 Å². The molecule has 1 fully saturated rings. The third kappa shape index (κ3) is 1.75. The number of esters is 1. The Labute approximate surface area is 87.8 Å². The Hall–Kier alpha value is -1.02. The van der Waals surface area contributed by atoms with Crippen LogP contribution in [0.4, 0.5) is 0 Å². The third-order valence-corrected chi connectivity index (χ3v) is 2.86. The van der Waals surface area contributed by atoms with E-state index in [4.69, 9.17) is 16.3 Å². The highest BCUT2D eigenvalue weighted by Gasteiger charge is 2.24. The van der Waals surface area contributed by atoms with Gasteiger partial charge in [-0.3, -0.25) is 4.79 Å². The van der Waals surface area contributed by atoms with E-state index >= 15 is 0 Å². The molecular formula is C11H11ClO2. The monoisotopic (exact) mass is 210 g/mol. The predicted octanol–water partition coefficient (Wildman–Crippen LogP) is 3.03. The van der Waals surface area contributed by atoms with Gasteiger partial charge in [0.2, 0.25) is 0 Å². The highest BCUT2D eigenvalue weighted by Crippen LogP contribution is 2.31. The Bertz CT molecular complexity index is 374. The van der Waals surface area contributed by atoms with Crippen LogP contribution in [0.3, 0.4) is 0 Å². The highest BCUT2D eigenvalue weighted by atomic mass is 35.5. The molecule has 14 heavy (non-hydrogen) atoms. The minimum absolute atomic E-state index is 0.0709. The van der Waals surface area contributed by atoms with Gasteiger partial charge in [0, 0.05) is 11.4 Å². The van der Waals surface area contributed by atoms with Crippen LogP contribution in [0, 0.1) is 6.92 Å². The molecule has 1 atom stereocenters. The van der Waals surface area contributed by atoms with Gasteiger partial charge in [-0.2, -0.15) is 0 Å². The first-order valence-corrected chi connectivity index (χ1v) is 5.00. The van der Waals surface area contributed by atoms with Gasteiger partial charge in [-0.15, -0.1) is 0 Å². The molecule has 74 valence electrons. The second kappa shape index (κ2) is 3.62. The normalized spacial score (nSPS) is 21.0. The van der Waals surface area contributed by atoms with Gasteiger partial charge in [0.05, 0.1) is 0 Å². The maximum Gasteiger partial charge on any atom is 0.306 e. The van der Waals surface area contributed by atoms with E-state index in [1.807, 2.05) is 25.1 Å². The smallest absolute Gasteiger partial charge is 0.306 e. The molecule has 0 aromatic heterocycles. The zero-order chi connectivity index (χ0) is 10.1. The third-order valence-electron chi connectivity index (χ3n) is 2.44. The number of rotatable bonds is 1. The summed E-state index contributed by atoms with van der Waals surface area (Å²) in [5.74, 6) is -0.109. The standard InChI is InChI=1S/C11H11ClO2/c1-7-6-8(2-3-9(7)12)10-4-5-11(13)14-10/h2-3,6,10H,4-5H2,1H3. The number of carbonyl (C=O) groups excluding carboxylic acids is 1. The molecule has 1 aliphatic heterocycles. The molecule has 2 nitrogen and oxygen atoms in total. The summed E-state index contributed by atoms with van der Waals surface area (Å²) in [6, 6.07) is 5.74. The van der Waals surface area contributed by atoms with E-state index in [0.29, 0.717) is 6.42 Å². The zero-order valence-electron chi connectivity index (χ0n) is 7.92. The molecule has 0 N–H and O–H groups in total. The van der Waals surface area contributed by atoms with Crippen molar-refractivity contribution in [3.05, 3.63) is 34.3 Å². The van der Waals surface area contributed by atoms with Crippen LogP contribution in [0.1, 0.15) is 30.1 Å². The molecular weight excluding hydrogens is 200 g/mol. The second-order valence-corrected chi connectivity index (χ2v) is 3.93. The van der Waals surface area contributed by atoms with Crippen molar-refractivity contribution >= 4 is 17.6 Å². The first-order valence-electron chi connectivity index (χ1n) is 4.62. The van der Waals surface area contributed by atoms with Gasteiger partial charge in [0.1, 0.15) is 6.10 Å². The lowest BCUT2D eigenvalue weighted by atomic mass is 10.0. The maximum absolute atomic E-state index is 10.9. The van der Waals surface area contributed by atoms with Gasteiger partial charge < -0.3 is 4.74 Å². The first kappa shape index (κ1) is 9.53. The van der Waals surface area contributed by atoms with Gasteiger partial charge in [-0.1, -0.05) is 23.7 Å². The van der Waals surface area contributed by atoms with Crippen LogP contribution in [0.25, 0.3) is 0 Å². The molecule has 1 aromatic carbocycles. The number of hydrogen-bond acceptors (Lipinski definition) is 2. The van der Waals surface area contributed by atoms with Gasteiger partial charge in [0.15, 0.2) is 0 Å². The Morgan fingerprint density at radius 1 is 1.50 bits per heavy atom. The minimum atomic E-state index is -0.109. The molecule has 0 saturated carbocycles. The van der Waals surface area contributed by atoms with E-state index in [1.165, 1.54) is 0 Å². The molecule has 1 saturated heterocycles. The number of hydrogen-bond donors (Lipinski definition) is 0. The molecule has 3 heteroatoms. The summed E-state index contributed by atoms with van der Waals surface area (Å²) in [7, 11) is 0. The van der Waals surface area contributed by atoms with Gasteiger partial charge >= 0.3 is 5.97 Å². The van der Waals surface area contributed by atoms with Crippen LogP contribution in [-0.2, 0) is 9.53 Å². The predicted molar refractivity (Wildman–Crippen MR) is 54.3 cm³/mol. The van der Waals surface area contributed by atoms with Crippen molar-refractivity contribution in [1.82, 2.24) is 0 Å². The molecule has 1 heterocycles. The zero-order valence-corrected chi connectivity index (χ0v) is 8.67. The Balaban J connectivity index is 2.24. The van der Waals surface area contributed by atoms with Crippen molar-refractivity contribution in [3.63, 3.8) is 0 Å². The number of cyclic esters (lactones) is 1. The lowest BCUT2D eigenvalue weighted by molar-refractivity contribution is -0.141. The quantitative estimate of drug-likeness (QED) is 0.666. The molecule has 0 spiro atoms. The summed E-state index contributed by atoms with van der Waals surface area (Å²) in [6.07, 6.45) is 1.23. The van der Waals surface area contributed by atoms with E-state index in [-0.39, 0.29) is 12.1 Å². The Morgan fingerprint density at radius 3 is 2.86 bits per heavy atom. The summed E-state index contributed by atoms with van der Waals surface area (Å²) in [6.45, 7) is 1.95. The van der Waals surface area contributed by atoms with Crippen LogP contribution in [0.2, 0.25) is 5.02 Å². The number of ether oxygens (including phenoxy) is 1. The number of benzene rings is 1. The first-order chi connectivity index (χ1) is 6.66. The average molecular weight is 211 g/mol. The Kier molecular flexibility index (Phi) is 2.46. The van der Waals surface area contributed by atoms with Crippen LogP contribution in [-0.4, -0.2) is 5.97 Å². The average Bonchev–Trinajstić information content (AvgIpc) is 2.57. The molecule has 1 aromatic rings. The molecule has 0 amide bonds. The van der Waals surface area contributed by atoms with Crippen LogP contribution >= 0.6 is 11.6 Å². The van der Waals surface area contributed by atoms with E-state index in [9.17, 15) is 4.79 Å². The minimum Gasteiger partial charge on any atom is -0.457 e. The van der Waals surface area contributed by atoms with E-state index in [0.717, 1.165) is 22.6 Å². The van der Waals surface area contributed by atoms with Crippen molar-refractivity contribution < 1.29 is 9.53 Å². The lowest BCUT2D eigenvalue weighted by Gasteiger charge is -2.10. The van der Waals surface area contributed by atoms with E-state index < -0.39 is 0 Å². The van der Waals surface area contributed by atoms with Crippen molar-refractivity contribution in [2.24, 2.45) is 0 Å². The van der Waals surface area contributed by atoms with Gasteiger partial charge in [-0.25, -0.2) is 0 Å². The number of carbonyl (C=O) groups is 1. The van der Waals surface area contributed by atoms with Crippen LogP contribution in [0.15, 0.2) is 18.2 Å². The van der Waals surface area contributed by atoms with Gasteiger partial charge in [-0.05, 0) is 30.5 Å². The van der Waals surface area contributed by atoms with E-state index in [1.54, 1.807) is 0 Å². The van der Waals surface area contributed by atoms with Crippen LogP contribution in [0.5, 0.6) is 0 Å². The van der Waals surface area contributed by atoms with Crippen molar-refractivity contribution in [2.45, 2.75) is 25.9 Å². The molecule has 0 radical (unpaired) electrons. The summed E-state index contributed by atoms with van der Waals surface area (Å²) in [4.78, 5) is 10.9. The fourth-order valence-corrected chi connectivity index (χ4v) is 1.75. The van der Waals surface area contributed by atoms with Crippen molar-refractivity contribution in [1.29, 1.82) is 0 Å².